The Morgan fingerprint density at radius 2 is 2.22 bits per heavy atom. The number of aryl methyl sites for hydroxylation is 1. The molecule has 1 aromatic heterocycles. The van der Waals surface area contributed by atoms with Gasteiger partial charge in [0.2, 0.25) is 0 Å². The second-order valence-corrected chi connectivity index (χ2v) is 6.30. The molecule has 0 radical (unpaired) electrons. The van der Waals surface area contributed by atoms with Crippen molar-refractivity contribution < 1.29 is 9.90 Å². The number of rotatable bonds is 6. The summed E-state index contributed by atoms with van der Waals surface area (Å²) < 4.78 is 0. The van der Waals surface area contributed by atoms with Gasteiger partial charge in [-0.1, -0.05) is 25.2 Å². The van der Waals surface area contributed by atoms with Crippen LogP contribution in [0.3, 0.4) is 0 Å². The van der Waals surface area contributed by atoms with Crippen molar-refractivity contribution in [2.75, 3.05) is 11.4 Å². The highest BCUT2D eigenvalue weighted by molar-refractivity contribution is 7.17. The Kier molecular flexibility index (Phi) is 3.90. The van der Waals surface area contributed by atoms with E-state index < -0.39 is 5.97 Å². The van der Waals surface area contributed by atoms with Crippen LogP contribution < -0.4 is 4.90 Å². The second kappa shape index (κ2) is 5.26. The Morgan fingerprint density at radius 3 is 2.67 bits per heavy atom. The molecular weight excluding hydrogens is 248 g/mol. The number of hydrogen-bond acceptors (Lipinski definition) is 4. The number of carboxylic acid groups (broad SMARTS) is 1. The van der Waals surface area contributed by atoms with Crippen LogP contribution in [0.4, 0.5) is 5.13 Å². The number of anilines is 1. The van der Waals surface area contributed by atoms with E-state index in [1.165, 1.54) is 24.2 Å². The van der Waals surface area contributed by atoms with Crippen LogP contribution in [0, 0.1) is 12.8 Å². The highest BCUT2D eigenvalue weighted by Crippen LogP contribution is 2.35. The molecule has 0 aromatic carbocycles. The lowest BCUT2D eigenvalue weighted by atomic mass is 10.1. The molecule has 1 aliphatic rings. The fourth-order valence-corrected chi connectivity index (χ4v) is 2.92. The van der Waals surface area contributed by atoms with E-state index in [1.807, 2.05) is 0 Å². The quantitative estimate of drug-likeness (QED) is 0.861. The van der Waals surface area contributed by atoms with Crippen molar-refractivity contribution in [1.82, 2.24) is 4.98 Å². The number of carboxylic acids is 1. The molecule has 0 amide bonds. The van der Waals surface area contributed by atoms with Crippen molar-refractivity contribution in [3.05, 3.63) is 10.6 Å². The maximum atomic E-state index is 11.1. The summed E-state index contributed by atoms with van der Waals surface area (Å²) in [4.78, 5) is 18.2. The van der Waals surface area contributed by atoms with E-state index in [-0.39, 0.29) is 0 Å². The summed E-state index contributed by atoms with van der Waals surface area (Å²) in [5.41, 5.74) is 0.637. The zero-order valence-electron chi connectivity index (χ0n) is 11.1. The van der Waals surface area contributed by atoms with Crippen LogP contribution in [-0.4, -0.2) is 28.6 Å². The van der Waals surface area contributed by atoms with Crippen molar-refractivity contribution in [2.45, 2.75) is 46.1 Å². The topological polar surface area (TPSA) is 53.4 Å². The van der Waals surface area contributed by atoms with E-state index in [9.17, 15) is 4.79 Å². The molecule has 0 unspecified atom stereocenters. The molecule has 100 valence electrons. The van der Waals surface area contributed by atoms with Gasteiger partial charge in [-0.2, -0.15) is 0 Å². The number of hydrogen-bond donors (Lipinski definition) is 1. The fourth-order valence-electron chi connectivity index (χ4n) is 1.92. The molecule has 1 saturated carbocycles. The van der Waals surface area contributed by atoms with Gasteiger partial charge in [-0.3, -0.25) is 0 Å². The Labute approximate surface area is 112 Å². The van der Waals surface area contributed by atoms with Crippen molar-refractivity contribution in [3.8, 4) is 0 Å². The minimum absolute atomic E-state index is 0.375. The molecule has 1 fully saturated rings. The first kappa shape index (κ1) is 13.3. The van der Waals surface area contributed by atoms with E-state index in [0.29, 0.717) is 22.5 Å². The lowest BCUT2D eigenvalue weighted by Gasteiger charge is -2.22. The molecule has 1 aromatic rings. The minimum Gasteiger partial charge on any atom is -0.477 e. The highest BCUT2D eigenvalue weighted by atomic mass is 32.1. The predicted molar refractivity (Wildman–Crippen MR) is 73.6 cm³/mol. The van der Waals surface area contributed by atoms with Crippen LogP contribution in [0.1, 0.15) is 48.5 Å². The van der Waals surface area contributed by atoms with Gasteiger partial charge >= 0.3 is 5.97 Å². The number of aromatic carboxylic acids is 1. The van der Waals surface area contributed by atoms with Crippen LogP contribution in [0.5, 0.6) is 0 Å². The SMILES string of the molecule is Cc1nc(N(CCC(C)C)C2CC2)sc1C(=O)O. The van der Waals surface area contributed by atoms with Crippen LogP contribution in [0.15, 0.2) is 0 Å². The van der Waals surface area contributed by atoms with Gasteiger partial charge in [-0.05, 0) is 32.1 Å². The lowest BCUT2D eigenvalue weighted by Crippen LogP contribution is -2.27. The van der Waals surface area contributed by atoms with Crippen LogP contribution in [0.25, 0.3) is 0 Å². The number of nitrogens with zero attached hydrogens (tertiary/aromatic N) is 2. The zero-order chi connectivity index (χ0) is 13.3. The third-order valence-corrected chi connectivity index (χ3v) is 4.34. The van der Waals surface area contributed by atoms with Gasteiger partial charge in [0.25, 0.3) is 0 Å². The molecular formula is C13H20N2O2S. The molecule has 0 atom stereocenters. The molecule has 0 aliphatic heterocycles. The van der Waals surface area contributed by atoms with Crippen molar-refractivity contribution in [1.29, 1.82) is 0 Å². The molecule has 4 nitrogen and oxygen atoms in total. The van der Waals surface area contributed by atoms with Gasteiger partial charge in [-0.15, -0.1) is 0 Å². The molecule has 2 rings (SSSR count). The lowest BCUT2D eigenvalue weighted by molar-refractivity contribution is 0.0701. The molecule has 18 heavy (non-hydrogen) atoms. The second-order valence-electron chi connectivity index (χ2n) is 5.32. The Balaban J connectivity index is 2.15. The summed E-state index contributed by atoms with van der Waals surface area (Å²) in [7, 11) is 0. The highest BCUT2D eigenvalue weighted by Gasteiger charge is 2.31. The Hall–Kier alpha value is -1.10. The standard InChI is InChI=1S/C13H20N2O2S/c1-8(2)6-7-15(10-4-5-10)13-14-9(3)11(18-13)12(16)17/h8,10H,4-7H2,1-3H3,(H,16,17). The molecule has 0 spiro atoms. The van der Waals surface area contributed by atoms with Crippen molar-refractivity contribution in [2.24, 2.45) is 5.92 Å². The Bertz CT molecular complexity index is 438. The Morgan fingerprint density at radius 1 is 1.56 bits per heavy atom. The first-order valence-electron chi connectivity index (χ1n) is 6.46. The van der Waals surface area contributed by atoms with Crippen LogP contribution >= 0.6 is 11.3 Å². The molecule has 1 heterocycles. The van der Waals surface area contributed by atoms with E-state index in [4.69, 9.17) is 5.11 Å². The maximum absolute atomic E-state index is 11.1. The van der Waals surface area contributed by atoms with E-state index in [1.54, 1.807) is 6.92 Å². The number of carbonyl (C=O) groups is 1. The third-order valence-electron chi connectivity index (χ3n) is 3.16. The minimum atomic E-state index is -0.865. The summed E-state index contributed by atoms with van der Waals surface area (Å²) >= 11 is 1.31. The molecule has 0 bridgehead atoms. The summed E-state index contributed by atoms with van der Waals surface area (Å²) in [5, 5.41) is 9.97. The van der Waals surface area contributed by atoms with Gasteiger partial charge in [-0.25, -0.2) is 9.78 Å². The fraction of sp³-hybridized carbons (Fsp3) is 0.692. The predicted octanol–water partition coefficient (Wildman–Crippen LogP) is 3.16. The van der Waals surface area contributed by atoms with E-state index >= 15 is 0 Å². The van der Waals surface area contributed by atoms with E-state index in [0.717, 1.165) is 18.1 Å². The summed E-state index contributed by atoms with van der Waals surface area (Å²) in [6.45, 7) is 7.17. The molecule has 1 aliphatic carbocycles. The van der Waals surface area contributed by atoms with Gasteiger partial charge < -0.3 is 10.0 Å². The van der Waals surface area contributed by atoms with Gasteiger partial charge in [0.05, 0.1) is 5.69 Å². The smallest absolute Gasteiger partial charge is 0.347 e. The first-order chi connectivity index (χ1) is 8.49. The first-order valence-corrected chi connectivity index (χ1v) is 7.28. The number of thiazole rings is 1. The van der Waals surface area contributed by atoms with E-state index in [2.05, 4.69) is 23.7 Å². The van der Waals surface area contributed by atoms with Crippen molar-refractivity contribution in [3.63, 3.8) is 0 Å². The maximum Gasteiger partial charge on any atom is 0.347 e. The zero-order valence-corrected chi connectivity index (χ0v) is 12.0. The van der Waals surface area contributed by atoms with Crippen LogP contribution in [-0.2, 0) is 0 Å². The number of aromatic nitrogens is 1. The summed E-state index contributed by atoms with van der Waals surface area (Å²) in [5.74, 6) is -0.206. The molecule has 1 N–H and O–H groups in total. The summed E-state index contributed by atoms with van der Waals surface area (Å²) in [6, 6.07) is 0.580. The third kappa shape index (κ3) is 3.02. The van der Waals surface area contributed by atoms with Crippen LogP contribution in [0.2, 0.25) is 0 Å². The van der Waals surface area contributed by atoms with Gasteiger partial charge in [0.15, 0.2) is 5.13 Å². The average Bonchev–Trinajstić information content (AvgIpc) is 3.02. The average molecular weight is 268 g/mol. The largest absolute Gasteiger partial charge is 0.477 e. The summed E-state index contributed by atoms with van der Waals surface area (Å²) in [6.07, 6.45) is 3.54. The van der Waals surface area contributed by atoms with Gasteiger partial charge in [0, 0.05) is 12.6 Å². The normalized spacial score (nSPS) is 15.1. The monoisotopic (exact) mass is 268 g/mol. The molecule has 5 heteroatoms. The van der Waals surface area contributed by atoms with Crippen molar-refractivity contribution >= 4 is 22.4 Å². The van der Waals surface area contributed by atoms with Gasteiger partial charge in [0.1, 0.15) is 4.88 Å². The molecule has 0 saturated heterocycles.